The van der Waals surface area contributed by atoms with Gasteiger partial charge in [0.05, 0.1) is 12.3 Å². The van der Waals surface area contributed by atoms with E-state index in [9.17, 15) is 5.11 Å². The van der Waals surface area contributed by atoms with Crippen molar-refractivity contribution in [1.29, 1.82) is 0 Å². The molecule has 2 aromatic heterocycles. The SMILES string of the molecule is Nc1ncc(-c2cc3c(c(NC4CC4)n2)CN(CCO)C=C3)cn1. The Morgan fingerprint density at radius 2 is 2.08 bits per heavy atom. The van der Waals surface area contributed by atoms with Gasteiger partial charge in [0.1, 0.15) is 5.82 Å². The topological polar surface area (TPSA) is 100 Å². The van der Waals surface area contributed by atoms with Gasteiger partial charge in [-0.25, -0.2) is 15.0 Å². The summed E-state index contributed by atoms with van der Waals surface area (Å²) in [7, 11) is 0. The Bertz CT molecular complexity index is 769. The van der Waals surface area contributed by atoms with E-state index in [-0.39, 0.29) is 12.6 Å². The lowest BCUT2D eigenvalue weighted by Crippen LogP contribution is -2.24. The van der Waals surface area contributed by atoms with E-state index in [1.54, 1.807) is 12.4 Å². The minimum atomic E-state index is 0.138. The van der Waals surface area contributed by atoms with Crippen molar-refractivity contribution in [3.05, 3.63) is 35.8 Å². The number of anilines is 2. The second-order valence-corrected chi connectivity index (χ2v) is 6.18. The number of nitrogen functional groups attached to an aromatic ring is 1. The molecule has 0 aromatic carbocycles. The number of β-amino-alcohol motifs (C(OH)–C–C–N with tert-alkyl or cyclic N) is 1. The van der Waals surface area contributed by atoms with E-state index in [4.69, 9.17) is 10.7 Å². The molecule has 0 unspecified atom stereocenters. The van der Waals surface area contributed by atoms with Crippen molar-refractivity contribution in [3.8, 4) is 11.3 Å². The van der Waals surface area contributed by atoms with Crippen molar-refractivity contribution in [2.24, 2.45) is 0 Å². The van der Waals surface area contributed by atoms with Gasteiger partial charge < -0.3 is 21.1 Å². The monoisotopic (exact) mass is 324 g/mol. The molecule has 4 N–H and O–H groups in total. The highest BCUT2D eigenvalue weighted by Crippen LogP contribution is 2.33. The Hall–Kier alpha value is -2.67. The van der Waals surface area contributed by atoms with E-state index in [0.717, 1.165) is 34.7 Å². The first-order valence-corrected chi connectivity index (χ1v) is 8.14. The zero-order valence-corrected chi connectivity index (χ0v) is 13.3. The molecule has 7 nitrogen and oxygen atoms in total. The fraction of sp³-hybridized carbons (Fsp3) is 0.353. The lowest BCUT2D eigenvalue weighted by Gasteiger charge is -2.26. The molecular weight excluding hydrogens is 304 g/mol. The zero-order chi connectivity index (χ0) is 16.5. The number of hydrogen-bond acceptors (Lipinski definition) is 7. The first kappa shape index (κ1) is 14.9. The van der Waals surface area contributed by atoms with E-state index in [1.165, 1.54) is 12.8 Å². The van der Waals surface area contributed by atoms with Crippen molar-refractivity contribution < 1.29 is 5.11 Å². The van der Waals surface area contributed by atoms with Crippen molar-refractivity contribution >= 4 is 17.8 Å². The molecular formula is C17H20N6O. The molecule has 0 radical (unpaired) electrons. The number of nitrogens with zero attached hydrogens (tertiary/aromatic N) is 4. The fourth-order valence-electron chi connectivity index (χ4n) is 2.79. The molecule has 1 aliphatic carbocycles. The van der Waals surface area contributed by atoms with Crippen LogP contribution in [-0.2, 0) is 6.54 Å². The fourth-order valence-corrected chi connectivity index (χ4v) is 2.79. The average Bonchev–Trinajstić information content (AvgIpc) is 3.40. The summed E-state index contributed by atoms with van der Waals surface area (Å²) >= 11 is 0. The van der Waals surface area contributed by atoms with Crippen LogP contribution in [0.4, 0.5) is 11.8 Å². The molecule has 0 saturated heterocycles. The van der Waals surface area contributed by atoms with Gasteiger partial charge >= 0.3 is 0 Å². The average molecular weight is 324 g/mol. The van der Waals surface area contributed by atoms with E-state index >= 15 is 0 Å². The van der Waals surface area contributed by atoms with Gasteiger partial charge in [0.2, 0.25) is 5.95 Å². The second-order valence-electron chi connectivity index (χ2n) is 6.18. The highest BCUT2D eigenvalue weighted by molar-refractivity contribution is 5.71. The van der Waals surface area contributed by atoms with Gasteiger partial charge in [0.25, 0.3) is 0 Å². The number of nitrogens with one attached hydrogen (secondary N) is 1. The highest BCUT2D eigenvalue weighted by Gasteiger charge is 2.25. The molecule has 7 heteroatoms. The van der Waals surface area contributed by atoms with Gasteiger partial charge in [-0.15, -0.1) is 0 Å². The summed E-state index contributed by atoms with van der Waals surface area (Å²) in [4.78, 5) is 15.0. The van der Waals surface area contributed by atoms with Crippen molar-refractivity contribution in [1.82, 2.24) is 19.9 Å². The van der Waals surface area contributed by atoms with E-state index < -0.39 is 0 Å². The van der Waals surface area contributed by atoms with Gasteiger partial charge in [-0.3, -0.25) is 0 Å². The normalized spacial score (nSPS) is 16.1. The van der Waals surface area contributed by atoms with Crippen LogP contribution in [0.25, 0.3) is 17.3 Å². The number of aliphatic hydroxyl groups is 1. The molecule has 2 aliphatic rings. The molecule has 0 spiro atoms. The van der Waals surface area contributed by atoms with E-state index in [2.05, 4.69) is 32.3 Å². The number of fused-ring (bicyclic) bond motifs is 1. The number of pyridine rings is 1. The third-order valence-corrected chi connectivity index (χ3v) is 4.26. The molecule has 124 valence electrons. The molecule has 2 aromatic rings. The number of aliphatic hydroxyl groups excluding tert-OH is 1. The van der Waals surface area contributed by atoms with Crippen LogP contribution >= 0.6 is 0 Å². The molecule has 1 fully saturated rings. The Balaban J connectivity index is 1.73. The second kappa shape index (κ2) is 6.09. The molecule has 0 atom stereocenters. The summed E-state index contributed by atoms with van der Waals surface area (Å²) in [5.41, 5.74) is 9.54. The standard InChI is InChI=1S/C17H20N6O/c18-17-19-8-12(9-20-17)15-7-11-3-4-23(5-6-24)10-14(11)16(22-15)21-13-1-2-13/h3-4,7-9,13,24H,1-2,5-6,10H2,(H,21,22)(H2,18,19,20). The quantitative estimate of drug-likeness (QED) is 0.766. The van der Waals surface area contributed by atoms with Crippen LogP contribution in [0, 0.1) is 0 Å². The maximum absolute atomic E-state index is 9.18. The predicted molar refractivity (Wildman–Crippen MR) is 92.8 cm³/mol. The van der Waals surface area contributed by atoms with Crippen LogP contribution in [-0.4, -0.2) is 44.2 Å². The van der Waals surface area contributed by atoms with Crippen LogP contribution in [0.5, 0.6) is 0 Å². The van der Waals surface area contributed by atoms with Gasteiger partial charge in [-0.1, -0.05) is 0 Å². The third-order valence-electron chi connectivity index (χ3n) is 4.26. The van der Waals surface area contributed by atoms with Crippen LogP contribution in [0.15, 0.2) is 24.7 Å². The Morgan fingerprint density at radius 1 is 1.29 bits per heavy atom. The molecule has 3 heterocycles. The summed E-state index contributed by atoms with van der Waals surface area (Å²) < 4.78 is 0. The Morgan fingerprint density at radius 3 is 2.79 bits per heavy atom. The number of nitrogens with two attached hydrogens (primary N) is 1. The summed E-state index contributed by atoms with van der Waals surface area (Å²) in [5, 5.41) is 12.7. The van der Waals surface area contributed by atoms with Crippen LogP contribution in [0.1, 0.15) is 24.0 Å². The number of hydrogen-bond donors (Lipinski definition) is 3. The van der Waals surface area contributed by atoms with Crippen molar-refractivity contribution in [3.63, 3.8) is 0 Å². The maximum Gasteiger partial charge on any atom is 0.219 e. The van der Waals surface area contributed by atoms with Gasteiger partial charge in [0.15, 0.2) is 0 Å². The minimum absolute atomic E-state index is 0.138. The molecule has 0 bridgehead atoms. The van der Waals surface area contributed by atoms with E-state index in [0.29, 0.717) is 12.6 Å². The highest BCUT2D eigenvalue weighted by atomic mass is 16.3. The van der Waals surface area contributed by atoms with Crippen molar-refractivity contribution in [2.75, 3.05) is 24.2 Å². The Labute approximate surface area is 140 Å². The van der Waals surface area contributed by atoms with Crippen LogP contribution in [0.2, 0.25) is 0 Å². The first-order chi connectivity index (χ1) is 11.7. The minimum Gasteiger partial charge on any atom is -0.395 e. The third kappa shape index (κ3) is 3.03. The largest absolute Gasteiger partial charge is 0.395 e. The zero-order valence-electron chi connectivity index (χ0n) is 13.3. The van der Waals surface area contributed by atoms with Crippen LogP contribution in [0.3, 0.4) is 0 Å². The van der Waals surface area contributed by atoms with Gasteiger partial charge in [-0.05, 0) is 30.5 Å². The molecule has 1 aliphatic heterocycles. The summed E-state index contributed by atoms with van der Waals surface area (Å²) in [5.74, 6) is 1.17. The smallest absolute Gasteiger partial charge is 0.219 e. The molecule has 1 saturated carbocycles. The van der Waals surface area contributed by atoms with Gasteiger partial charge in [0, 0.05) is 48.9 Å². The summed E-state index contributed by atoms with van der Waals surface area (Å²) in [6.45, 7) is 1.50. The molecule has 0 amide bonds. The lowest BCUT2D eigenvalue weighted by atomic mass is 10.0. The first-order valence-electron chi connectivity index (χ1n) is 8.14. The lowest BCUT2D eigenvalue weighted by molar-refractivity contribution is 0.232. The van der Waals surface area contributed by atoms with Crippen LogP contribution < -0.4 is 11.1 Å². The van der Waals surface area contributed by atoms with E-state index in [1.807, 2.05) is 6.20 Å². The number of aromatic nitrogens is 3. The molecule has 4 rings (SSSR count). The Kier molecular flexibility index (Phi) is 3.78. The van der Waals surface area contributed by atoms with Gasteiger partial charge in [-0.2, -0.15) is 0 Å². The predicted octanol–water partition coefficient (Wildman–Crippen LogP) is 1.47. The number of rotatable bonds is 5. The maximum atomic E-state index is 9.18. The molecule has 24 heavy (non-hydrogen) atoms. The van der Waals surface area contributed by atoms with Crippen molar-refractivity contribution in [2.45, 2.75) is 25.4 Å². The summed E-state index contributed by atoms with van der Waals surface area (Å²) in [6, 6.07) is 2.56. The summed E-state index contributed by atoms with van der Waals surface area (Å²) in [6.07, 6.45) is 9.84.